The molecule has 0 spiro atoms. The van der Waals surface area contributed by atoms with Gasteiger partial charge in [-0.1, -0.05) is 103 Å². The fraction of sp³-hybridized carbons (Fsp3) is 0.941. The first-order valence-corrected chi connectivity index (χ1v) is 9.59. The molecule has 0 saturated carbocycles. The van der Waals surface area contributed by atoms with Gasteiger partial charge >= 0.3 is 0 Å². The second kappa shape index (κ2) is 17.3. The summed E-state index contributed by atoms with van der Waals surface area (Å²) in [6.45, 7) is 3.27. The number of hydrogen-bond acceptors (Lipinski definition) is 1. The van der Waals surface area contributed by atoms with Crippen LogP contribution in [-0.2, 0) is 0 Å². The predicted molar refractivity (Wildman–Crippen MR) is 99.9 cm³/mol. The third-order valence-corrected chi connectivity index (χ3v) is 4.11. The van der Waals surface area contributed by atoms with Crippen LogP contribution >= 0.6 is 24.8 Å². The van der Waals surface area contributed by atoms with Crippen LogP contribution in [0, 0.1) is 0 Å². The van der Waals surface area contributed by atoms with Crippen molar-refractivity contribution in [3.8, 4) is 0 Å². The van der Waals surface area contributed by atoms with Crippen molar-refractivity contribution in [3.05, 3.63) is 0 Å². The Morgan fingerprint density at radius 2 is 1.05 bits per heavy atom. The van der Waals surface area contributed by atoms with Gasteiger partial charge in [-0.25, -0.2) is 0 Å². The summed E-state index contributed by atoms with van der Waals surface area (Å²) in [5.41, 5.74) is 0. The molecule has 3 heteroatoms. The molecule has 120 valence electrons. The molecule has 0 atom stereocenters. The van der Waals surface area contributed by atoms with Crippen LogP contribution in [0.25, 0.3) is 0 Å². The minimum atomic E-state index is 0.625. The average Bonchev–Trinajstić information content (AvgIpc) is 2.43. The van der Waals surface area contributed by atoms with Gasteiger partial charge in [-0.3, -0.25) is 0 Å². The number of thiol groups is 1. The maximum atomic E-state index is 4.85. The van der Waals surface area contributed by atoms with Crippen LogP contribution in [0.5, 0.6) is 0 Å². The maximum absolute atomic E-state index is 4.85. The summed E-state index contributed by atoms with van der Waals surface area (Å²) in [5, 5.41) is 3.08. The van der Waals surface area contributed by atoms with Crippen molar-refractivity contribution in [1.82, 2.24) is 5.32 Å². The average molecular weight is 318 g/mol. The fourth-order valence-corrected chi connectivity index (χ4v) is 2.73. The zero-order chi connectivity index (χ0) is 14.9. The minimum Gasteiger partial charge on any atom is -0.371 e. The van der Waals surface area contributed by atoms with E-state index in [1.807, 2.05) is 0 Å². The molecule has 0 bridgehead atoms. The quantitative estimate of drug-likeness (QED) is 0.210. The molecule has 0 radical (unpaired) electrons. The lowest BCUT2D eigenvalue weighted by atomic mass is 10.0. The summed E-state index contributed by atoms with van der Waals surface area (Å²) >= 11 is 8.89. The van der Waals surface area contributed by atoms with E-state index in [0.717, 1.165) is 6.54 Å². The Hall–Kier alpha value is 0.240. The topological polar surface area (TPSA) is 12.0 Å². The van der Waals surface area contributed by atoms with Gasteiger partial charge in [0.15, 0.2) is 0 Å². The van der Waals surface area contributed by atoms with Gasteiger partial charge in [0.05, 0.1) is 0 Å². The van der Waals surface area contributed by atoms with Gasteiger partial charge in [0.2, 0.25) is 0 Å². The second-order valence-electron chi connectivity index (χ2n) is 5.83. The summed E-state index contributed by atoms with van der Waals surface area (Å²) < 4.78 is 0.625. The molecule has 0 amide bonds. The highest BCUT2D eigenvalue weighted by atomic mass is 32.1. The lowest BCUT2D eigenvalue weighted by molar-refractivity contribution is 0.535. The zero-order valence-corrected chi connectivity index (χ0v) is 15.2. The summed E-state index contributed by atoms with van der Waals surface area (Å²) in [5.74, 6) is 0. The van der Waals surface area contributed by atoms with Crippen LogP contribution in [-0.4, -0.2) is 10.9 Å². The van der Waals surface area contributed by atoms with E-state index in [4.69, 9.17) is 12.2 Å². The molecule has 0 heterocycles. The lowest BCUT2D eigenvalue weighted by Crippen LogP contribution is -2.17. The molecular formula is C17H35NS2. The Kier molecular flexibility index (Phi) is 17.5. The minimum absolute atomic E-state index is 0.625. The van der Waals surface area contributed by atoms with E-state index >= 15 is 0 Å². The molecule has 0 aromatic heterocycles. The molecule has 0 aliphatic carbocycles. The molecule has 0 aromatic carbocycles. The van der Waals surface area contributed by atoms with E-state index in [1.165, 1.54) is 89.9 Å². The molecule has 0 fully saturated rings. The van der Waals surface area contributed by atoms with E-state index in [1.54, 1.807) is 0 Å². The Labute approximate surface area is 138 Å². The Morgan fingerprint density at radius 3 is 1.40 bits per heavy atom. The first-order chi connectivity index (χ1) is 9.77. The van der Waals surface area contributed by atoms with Crippen LogP contribution in [0.1, 0.15) is 96.8 Å². The largest absolute Gasteiger partial charge is 0.371 e. The van der Waals surface area contributed by atoms with Gasteiger partial charge in [0.1, 0.15) is 4.32 Å². The molecule has 1 nitrogen and oxygen atoms in total. The highest BCUT2D eigenvalue weighted by Gasteiger charge is 1.94. The molecule has 0 aromatic rings. The van der Waals surface area contributed by atoms with Gasteiger partial charge in [-0.05, 0) is 6.42 Å². The number of thiocarbonyl (C=S) groups is 1. The maximum Gasteiger partial charge on any atom is 0.130 e. The third-order valence-electron chi connectivity index (χ3n) is 3.81. The van der Waals surface area contributed by atoms with Crippen molar-refractivity contribution in [2.75, 3.05) is 6.54 Å². The number of hydrogen-bond donors (Lipinski definition) is 2. The lowest BCUT2D eigenvalue weighted by Gasteiger charge is -2.04. The highest BCUT2D eigenvalue weighted by molar-refractivity contribution is 8.11. The fourth-order valence-electron chi connectivity index (χ4n) is 2.51. The molecule has 0 rings (SSSR count). The first-order valence-electron chi connectivity index (χ1n) is 8.74. The molecule has 1 N–H and O–H groups in total. The monoisotopic (exact) mass is 317 g/mol. The van der Waals surface area contributed by atoms with E-state index in [2.05, 4.69) is 24.9 Å². The molecule has 0 unspecified atom stereocenters. The molecule has 0 aliphatic rings. The number of rotatable bonds is 15. The van der Waals surface area contributed by atoms with Gasteiger partial charge in [0.25, 0.3) is 0 Å². The van der Waals surface area contributed by atoms with Crippen molar-refractivity contribution in [3.63, 3.8) is 0 Å². The Morgan fingerprint density at radius 1 is 0.700 bits per heavy atom. The van der Waals surface area contributed by atoms with E-state index in [0.29, 0.717) is 4.32 Å². The predicted octanol–water partition coefficient (Wildman–Crippen LogP) is 6.27. The van der Waals surface area contributed by atoms with Crippen molar-refractivity contribution in [2.24, 2.45) is 0 Å². The van der Waals surface area contributed by atoms with Crippen molar-refractivity contribution in [1.29, 1.82) is 0 Å². The van der Waals surface area contributed by atoms with Crippen LogP contribution < -0.4 is 5.32 Å². The molecule has 20 heavy (non-hydrogen) atoms. The van der Waals surface area contributed by atoms with Gasteiger partial charge in [-0.2, -0.15) is 0 Å². The Bertz CT molecular complexity index is 207. The van der Waals surface area contributed by atoms with E-state index < -0.39 is 0 Å². The van der Waals surface area contributed by atoms with Gasteiger partial charge in [-0.15, -0.1) is 12.6 Å². The van der Waals surface area contributed by atoms with Crippen molar-refractivity contribution in [2.45, 2.75) is 96.8 Å². The highest BCUT2D eigenvalue weighted by Crippen LogP contribution is 2.12. The van der Waals surface area contributed by atoms with E-state index in [9.17, 15) is 0 Å². The smallest absolute Gasteiger partial charge is 0.130 e. The summed E-state index contributed by atoms with van der Waals surface area (Å²) in [6.07, 6.45) is 19.7. The standard InChI is InChI=1S/C17H35NS2/c1-2-3-4-5-6-7-8-9-10-11-12-13-14-15-16-18-17(19)20/h2-16H2,1H3,(H2,18,19,20). The normalized spacial score (nSPS) is 10.7. The molecular weight excluding hydrogens is 282 g/mol. The zero-order valence-electron chi connectivity index (χ0n) is 13.5. The third kappa shape index (κ3) is 18.2. The van der Waals surface area contributed by atoms with Crippen LogP contribution in [0.2, 0.25) is 0 Å². The van der Waals surface area contributed by atoms with Crippen molar-refractivity contribution >= 4 is 29.2 Å². The summed E-state index contributed by atoms with van der Waals surface area (Å²) in [6, 6.07) is 0. The van der Waals surface area contributed by atoms with E-state index in [-0.39, 0.29) is 0 Å². The van der Waals surface area contributed by atoms with Crippen LogP contribution in [0.3, 0.4) is 0 Å². The SMILES string of the molecule is CCCCCCCCCCCCCCCCNC(=S)S. The Balaban J connectivity index is 2.94. The molecule has 0 aliphatic heterocycles. The first kappa shape index (κ1) is 20.2. The van der Waals surface area contributed by atoms with Crippen LogP contribution in [0.15, 0.2) is 0 Å². The number of unbranched alkanes of at least 4 members (excludes halogenated alkanes) is 13. The number of nitrogens with one attached hydrogen (secondary N) is 1. The van der Waals surface area contributed by atoms with Gasteiger partial charge in [0, 0.05) is 6.54 Å². The van der Waals surface area contributed by atoms with Gasteiger partial charge < -0.3 is 5.32 Å². The summed E-state index contributed by atoms with van der Waals surface area (Å²) in [7, 11) is 0. The van der Waals surface area contributed by atoms with Crippen molar-refractivity contribution < 1.29 is 0 Å². The summed E-state index contributed by atoms with van der Waals surface area (Å²) in [4.78, 5) is 0. The second-order valence-corrected chi connectivity index (χ2v) is 6.99. The van der Waals surface area contributed by atoms with Crippen LogP contribution in [0.4, 0.5) is 0 Å². The molecule has 0 saturated heterocycles.